The molecule has 4 heteroatoms. The van der Waals surface area contributed by atoms with E-state index in [0.29, 0.717) is 17.5 Å². The molecule has 2 aliphatic rings. The third kappa shape index (κ3) is 6.38. The van der Waals surface area contributed by atoms with E-state index in [2.05, 4.69) is 237 Å². The van der Waals surface area contributed by atoms with E-state index in [4.69, 9.17) is 19.4 Å². The molecule has 13 aromatic rings. The molecule has 344 valence electrons. The molecule has 0 bridgehead atoms. The number of aromatic nitrogens is 3. The summed E-state index contributed by atoms with van der Waals surface area (Å²) in [5.74, 6) is 1.76. The highest BCUT2D eigenvalue weighted by atomic mass is 16.3. The molecule has 0 atom stereocenters. The first-order valence-corrected chi connectivity index (χ1v) is 25.2. The SMILES string of the molecule is c1ccc(-c2cccc(-c3nc(-c4ccccc4-c4ccccc4)nc(-c4cccc5oc6ccc(-c7cccc(-c8cccc9c8-c8ccccc8C98c9ccccc9-c9ccccc98)c7)cc6c45)n3)c2)cc1. The third-order valence-electron chi connectivity index (χ3n) is 15.4. The summed E-state index contributed by atoms with van der Waals surface area (Å²) in [4.78, 5) is 16.0. The maximum absolute atomic E-state index is 6.68. The first-order valence-electron chi connectivity index (χ1n) is 25.2. The molecular formula is C70H43N3O. The van der Waals surface area contributed by atoms with Crippen molar-refractivity contribution in [2.75, 3.05) is 0 Å². The average molecular weight is 942 g/mol. The fourth-order valence-electron chi connectivity index (χ4n) is 12.2. The highest BCUT2D eigenvalue weighted by Gasteiger charge is 2.52. The second-order valence-corrected chi connectivity index (χ2v) is 19.4. The Morgan fingerprint density at radius 3 is 1.45 bits per heavy atom. The lowest BCUT2D eigenvalue weighted by Crippen LogP contribution is -2.25. The molecule has 0 radical (unpaired) electrons. The molecule has 0 amide bonds. The molecular weight excluding hydrogens is 899 g/mol. The van der Waals surface area contributed by atoms with E-state index < -0.39 is 5.41 Å². The largest absolute Gasteiger partial charge is 0.456 e. The van der Waals surface area contributed by atoms with Crippen molar-refractivity contribution >= 4 is 21.9 Å². The molecule has 4 nitrogen and oxygen atoms in total. The van der Waals surface area contributed by atoms with E-state index in [-0.39, 0.29) is 0 Å². The lowest BCUT2D eigenvalue weighted by atomic mass is 9.70. The van der Waals surface area contributed by atoms with E-state index in [9.17, 15) is 0 Å². The van der Waals surface area contributed by atoms with Crippen LogP contribution in [0, 0.1) is 0 Å². The standard InChI is InChI=1S/C70H43N3O/c1-3-19-44(20-4-1)46-23-16-26-50(42-46)67-71-68(55-30-8-7-27-51(55)45-21-5-2-6-22-45)73-69(72-67)57-33-18-38-64-66(57)58-43-48(39-40-63(58)74-64)47-24-15-25-49(41-47)52-32-17-37-62-65(52)56-31-11-14-36-61(56)70(62)59-34-12-9-28-53(59)54-29-10-13-35-60(54)70/h1-43H. The predicted octanol–water partition coefficient (Wildman–Crippen LogP) is 17.8. The Morgan fingerprint density at radius 1 is 0.257 bits per heavy atom. The highest BCUT2D eigenvalue weighted by molar-refractivity contribution is 6.13. The summed E-state index contributed by atoms with van der Waals surface area (Å²) in [5.41, 5.74) is 23.4. The van der Waals surface area contributed by atoms with Gasteiger partial charge in [0.15, 0.2) is 17.5 Å². The molecule has 2 aliphatic carbocycles. The lowest BCUT2D eigenvalue weighted by molar-refractivity contribution is 0.669. The summed E-state index contributed by atoms with van der Waals surface area (Å²) in [6.07, 6.45) is 0. The first kappa shape index (κ1) is 42.0. The number of benzene rings is 11. The summed E-state index contributed by atoms with van der Waals surface area (Å²) >= 11 is 0. The van der Waals surface area contributed by atoms with Crippen LogP contribution in [0.1, 0.15) is 22.3 Å². The minimum Gasteiger partial charge on any atom is -0.456 e. The van der Waals surface area contributed by atoms with Crippen molar-refractivity contribution in [2.24, 2.45) is 0 Å². The average Bonchev–Trinajstić information content (AvgIpc) is 4.23. The molecule has 1 spiro atoms. The zero-order valence-electron chi connectivity index (χ0n) is 40.1. The fraction of sp³-hybridized carbons (Fsp3) is 0.0143. The van der Waals surface area contributed by atoms with Crippen LogP contribution in [-0.2, 0) is 5.41 Å². The van der Waals surface area contributed by atoms with Crippen LogP contribution in [0.4, 0.5) is 0 Å². The number of furan rings is 1. The van der Waals surface area contributed by atoms with E-state index >= 15 is 0 Å². The second-order valence-electron chi connectivity index (χ2n) is 19.4. The molecule has 0 unspecified atom stereocenters. The van der Waals surface area contributed by atoms with Gasteiger partial charge in [-0.2, -0.15) is 0 Å². The van der Waals surface area contributed by atoms with Crippen LogP contribution in [0.15, 0.2) is 265 Å². The molecule has 0 N–H and O–H groups in total. The van der Waals surface area contributed by atoms with Gasteiger partial charge in [-0.15, -0.1) is 0 Å². The Bertz CT molecular complexity index is 4340. The van der Waals surface area contributed by atoms with Gasteiger partial charge >= 0.3 is 0 Å². The minimum atomic E-state index is -0.407. The zero-order valence-corrected chi connectivity index (χ0v) is 40.1. The first-order chi connectivity index (χ1) is 36.7. The smallest absolute Gasteiger partial charge is 0.164 e. The summed E-state index contributed by atoms with van der Waals surface area (Å²) in [6, 6.07) is 93.4. The van der Waals surface area contributed by atoms with Gasteiger partial charge in [-0.3, -0.25) is 0 Å². The molecule has 2 aromatic heterocycles. The van der Waals surface area contributed by atoms with Crippen molar-refractivity contribution in [3.05, 3.63) is 283 Å². The Balaban J connectivity index is 0.883. The molecule has 2 heterocycles. The Morgan fingerprint density at radius 2 is 0.716 bits per heavy atom. The van der Waals surface area contributed by atoms with Gasteiger partial charge < -0.3 is 4.42 Å². The van der Waals surface area contributed by atoms with E-state index in [1.54, 1.807) is 0 Å². The Kier molecular flexibility index (Phi) is 9.45. The second kappa shape index (κ2) is 16.7. The predicted molar refractivity (Wildman–Crippen MR) is 301 cm³/mol. The molecule has 15 rings (SSSR count). The quantitative estimate of drug-likeness (QED) is 0.160. The number of rotatable bonds is 7. The van der Waals surface area contributed by atoms with Gasteiger partial charge in [0.2, 0.25) is 0 Å². The molecule has 0 aliphatic heterocycles. The monoisotopic (exact) mass is 941 g/mol. The van der Waals surface area contributed by atoms with Gasteiger partial charge in [0.05, 0.1) is 5.41 Å². The fourth-order valence-corrected chi connectivity index (χ4v) is 12.2. The van der Waals surface area contributed by atoms with Crippen LogP contribution in [0.25, 0.3) is 123 Å². The topological polar surface area (TPSA) is 51.8 Å². The van der Waals surface area contributed by atoms with Crippen LogP contribution in [0.2, 0.25) is 0 Å². The normalized spacial score (nSPS) is 12.7. The van der Waals surface area contributed by atoms with Gasteiger partial charge in [0.1, 0.15) is 11.2 Å². The number of fused-ring (bicyclic) bond motifs is 13. The Hall–Kier alpha value is -9.77. The van der Waals surface area contributed by atoms with Gasteiger partial charge in [0, 0.05) is 27.5 Å². The van der Waals surface area contributed by atoms with Crippen molar-refractivity contribution in [2.45, 2.75) is 5.41 Å². The third-order valence-corrected chi connectivity index (χ3v) is 15.4. The molecule has 0 fully saturated rings. The van der Waals surface area contributed by atoms with Gasteiger partial charge in [-0.1, -0.05) is 231 Å². The lowest BCUT2D eigenvalue weighted by Gasteiger charge is -2.30. The van der Waals surface area contributed by atoms with Crippen LogP contribution >= 0.6 is 0 Å². The van der Waals surface area contributed by atoms with E-state index in [1.165, 1.54) is 55.6 Å². The number of hydrogen-bond acceptors (Lipinski definition) is 4. The van der Waals surface area contributed by atoms with Crippen LogP contribution in [0.5, 0.6) is 0 Å². The molecule has 0 saturated carbocycles. The van der Waals surface area contributed by atoms with Crippen molar-refractivity contribution in [1.29, 1.82) is 0 Å². The molecule has 11 aromatic carbocycles. The summed E-state index contributed by atoms with van der Waals surface area (Å²) < 4.78 is 6.68. The number of hydrogen-bond donors (Lipinski definition) is 0. The van der Waals surface area contributed by atoms with Gasteiger partial charge in [-0.25, -0.2) is 15.0 Å². The number of nitrogens with zero attached hydrogens (tertiary/aromatic N) is 3. The summed E-state index contributed by atoms with van der Waals surface area (Å²) in [6.45, 7) is 0. The minimum absolute atomic E-state index is 0.407. The van der Waals surface area contributed by atoms with Crippen LogP contribution in [0.3, 0.4) is 0 Å². The van der Waals surface area contributed by atoms with Crippen molar-refractivity contribution in [1.82, 2.24) is 15.0 Å². The Labute approximate surface area is 428 Å². The molecule has 74 heavy (non-hydrogen) atoms. The van der Waals surface area contributed by atoms with E-state index in [1.807, 2.05) is 24.3 Å². The van der Waals surface area contributed by atoms with Crippen molar-refractivity contribution in [3.63, 3.8) is 0 Å². The van der Waals surface area contributed by atoms with Gasteiger partial charge in [0.25, 0.3) is 0 Å². The highest BCUT2D eigenvalue weighted by Crippen LogP contribution is 2.64. The van der Waals surface area contributed by atoms with Crippen LogP contribution < -0.4 is 0 Å². The maximum Gasteiger partial charge on any atom is 0.164 e. The van der Waals surface area contributed by atoms with E-state index in [0.717, 1.165) is 72.0 Å². The van der Waals surface area contributed by atoms with Crippen LogP contribution in [-0.4, -0.2) is 15.0 Å². The maximum atomic E-state index is 6.68. The van der Waals surface area contributed by atoms with Gasteiger partial charge in [-0.05, 0) is 119 Å². The molecule has 0 saturated heterocycles. The summed E-state index contributed by atoms with van der Waals surface area (Å²) in [5, 5.41) is 1.95. The van der Waals surface area contributed by atoms with Crippen molar-refractivity contribution in [3.8, 4) is 101 Å². The van der Waals surface area contributed by atoms with Crippen molar-refractivity contribution < 1.29 is 4.42 Å². The summed E-state index contributed by atoms with van der Waals surface area (Å²) in [7, 11) is 0. The zero-order chi connectivity index (χ0) is 48.7.